The van der Waals surface area contributed by atoms with E-state index in [0.29, 0.717) is 56.3 Å². The van der Waals surface area contributed by atoms with Gasteiger partial charge < -0.3 is 15.1 Å². The first-order valence-electron chi connectivity index (χ1n) is 10.8. The number of anilines is 1. The Balaban J connectivity index is 1.58. The Bertz CT molecular complexity index is 1000. The van der Waals surface area contributed by atoms with Gasteiger partial charge in [0.1, 0.15) is 11.6 Å². The van der Waals surface area contributed by atoms with Crippen LogP contribution in [0.25, 0.3) is 0 Å². The number of benzene rings is 2. The van der Waals surface area contributed by atoms with Crippen molar-refractivity contribution in [2.75, 3.05) is 31.5 Å². The lowest BCUT2D eigenvalue weighted by Gasteiger charge is -2.31. The molecule has 1 fully saturated rings. The number of carbonyl (C=O) groups is 3. The van der Waals surface area contributed by atoms with Gasteiger partial charge in [-0.25, -0.2) is 8.78 Å². The molecular weight excluding hydrogens is 416 g/mol. The highest BCUT2D eigenvalue weighted by atomic mass is 19.1. The minimum atomic E-state index is -0.894. The van der Waals surface area contributed by atoms with E-state index in [4.69, 9.17) is 0 Å². The van der Waals surface area contributed by atoms with Gasteiger partial charge in [-0.3, -0.25) is 14.4 Å². The Kier molecular flexibility index (Phi) is 7.56. The van der Waals surface area contributed by atoms with Crippen LogP contribution in [0.4, 0.5) is 14.5 Å². The SMILES string of the molecule is CCN(CC)C(=O)c1cccc(NC(=O)C2CCN(C(=O)c3ccc(F)cc3F)CC2)c1. The Morgan fingerprint density at radius 1 is 1.03 bits per heavy atom. The second-order valence-electron chi connectivity index (χ2n) is 7.74. The number of amides is 3. The first-order valence-corrected chi connectivity index (χ1v) is 10.8. The molecule has 1 heterocycles. The topological polar surface area (TPSA) is 69.7 Å². The molecule has 1 N–H and O–H groups in total. The summed E-state index contributed by atoms with van der Waals surface area (Å²) in [5, 5.41) is 2.86. The summed E-state index contributed by atoms with van der Waals surface area (Å²) in [6, 6.07) is 9.71. The molecule has 1 saturated heterocycles. The van der Waals surface area contributed by atoms with E-state index < -0.39 is 17.5 Å². The lowest BCUT2D eigenvalue weighted by molar-refractivity contribution is -0.121. The molecule has 3 amide bonds. The van der Waals surface area contributed by atoms with Crippen LogP contribution < -0.4 is 5.32 Å². The second kappa shape index (κ2) is 10.3. The van der Waals surface area contributed by atoms with Gasteiger partial charge in [0.15, 0.2) is 0 Å². The molecule has 0 unspecified atom stereocenters. The first kappa shape index (κ1) is 23.4. The average Bonchev–Trinajstić information content (AvgIpc) is 2.79. The molecule has 1 aliphatic rings. The third-order valence-electron chi connectivity index (χ3n) is 5.74. The molecule has 0 radical (unpaired) electrons. The van der Waals surface area contributed by atoms with Crippen LogP contribution in [0, 0.1) is 17.6 Å². The number of nitrogens with zero attached hydrogens (tertiary/aromatic N) is 2. The Morgan fingerprint density at radius 2 is 1.72 bits per heavy atom. The smallest absolute Gasteiger partial charge is 0.256 e. The van der Waals surface area contributed by atoms with Crippen molar-refractivity contribution >= 4 is 23.4 Å². The van der Waals surface area contributed by atoms with Crippen molar-refractivity contribution in [1.82, 2.24) is 9.80 Å². The Labute approximate surface area is 186 Å². The zero-order valence-corrected chi connectivity index (χ0v) is 18.2. The third kappa shape index (κ3) is 5.30. The fourth-order valence-corrected chi connectivity index (χ4v) is 3.85. The molecule has 0 spiro atoms. The number of rotatable bonds is 6. The average molecular weight is 443 g/mol. The van der Waals surface area contributed by atoms with Gasteiger partial charge in [-0.05, 0) is 57.0 Å². The monoisotopic (exact) mass is 443 g/mol. The maximum absolute atomic E-state index is 13.9. The van der Waals surface area contributed by atoms with Gasteiger partial charge in [0, 0.05) is 49.4 Å². The van der Waals surface area contributed by atoms with Gasteiger partial charge in [0.2, 0.25) is 5.91 Å². The third-order valence-corrected chi connectivity index (χ3v) is 5.74. The van der Waals surface area contributed by atoms with Gasteiger partial charge in [-0.15, -0.1) is 0 Å². The van der Waals surface area contributed by atoms with Crippen molar-refractivity contribution < 1.29 is 23.2 Å². The second-order valence-corrected chi connectivity index (χ2v) is 7.74. The van der Waals surface area contributed by atoms with Crippen molar-refractivity contribution in [3.63, 3.8) is 0 Å². The maximum Gasteiger partial charge on any atom is 0.256 e. The molecule has 0 atom stereocenters. The van der Waals surface area contributed by atoms with Crippen molar-refractivity contribution in [2.24, 2.45) is 5.92 Å². The molecule has 1 aliphatic heterocycles. The summed E-state index contributed by atoms with van der Waals surface area (Å²) in [5.41, 5.74) is 0.872. The molecule has 2 aromatic carbocycles. The number of hydrogen-bond acceptors (Lipinski definition) is 3. The van der Waals surface area contributed by atoms with Crippen molar-refractivity contribution in [3.8, 4) is 0 Å². The number of hydrogen-bond donors (Lipinski definition) is 1. The Morgan fingerprint density at radius 3 is 2.34 bits per heavy atom. The summed E-state index contributed by atoms with van der Waals surface area (Å²) in [4.78, 5) is 41.0. The predicted molar refractivity (Wildman–Crippen MR) is 117 cm³/mol. The van der Waals surface area contributed by atoms with Crippen molar-refractivity contribution in [3.05, 3.63) is 65.2 Å². The molecule has 0 saturated carbocycles. The number of likely N-dealkylation sites (tertiary alicyclic amines) is 1. The molecule has 170 valence electrons. The first-order chi connectivity index (χ1) is 15.3. The molecule has 0 aromatic heterocycles. The molecule has 0 bridgehead atoms. The summed E-state index contributed by atoms with van der Waals surface area (Å²) in [5.74, 6) is -2.72. The molecule has 0 aliphatic carbocycles. The molecule has 3 rings (SSSR count). The number of halogens is 2. The molecule has 32 heavy (non-hydrogen) atoms. The van der Waals surface area contributed by atoms with Gasteiger partial charge >= 0.3 is 0 Å². The number of piperidine rings is 1. The number of nitrogens with one attached hydrogen (secondary N) is 1. The van der Waals surface area contributed by atoms with Crippen LogP contribution in [0.5, 0.6) is 0 Å². The van der Waals surface area contributed by atoms with Crippen LogP contribution in [0.15, 0.2) is 42.5 Å². The van der Waals surface area contributed by atoms with E-state index in [-0.39, 0.29) is 23.3 Å². The van der Waals surface area contributed by atoms with Crippen LogP contribution >= 0.6 is 0 Å². The predicted octanol–water partition coefficient (Wildman–Crippen LogP) is 3.94. The van der Waals surface area contributed by atoms with E-state index in [2.05, 4.69) is 5.32 Å². The zero-order chi connectivity index (χ0) is 23.3. The van der Waals surface area contributed by atoms with Gasteiger partial charge in [0.05, 0.1) is 5.56 Å². The van der Waals surface area contributed by atoms with Crippen LogP contribution in [0.1, 0.15) is 47.4 Å². The van der Waals surface area contributed by atoms with Gasteiger partial charge in [0.25, 0.3) is 11.8 Å². The normalized spacial score (nSPS) is 14.2. The van der Waals surface area contributed by atoms with E-state index in [9.17, 15) is 23.2 Å². The summed E-state index contributed by atoms with van der Waals surface area (Å²) in [6.07, 6.45) is 0.858. The van der Waals surface area contributed by atoms with Crippen LogP contribution in [-0.2, 0) is 4.79 Å². The van der Waals surface area contributed by atoms with E-state index in [1.165, 1.54) is 4.90 Å². The van der Waals surface area contributed by atoms with Gasteiger partial charge in [-0.2, -0.15) is 0 Å². The highest BCUT2D eigenvalue weighted by molar-refractivity contribution is 5.98. The lowest BCUT2D eigenvalue weighted by atomic mass is 9.95. The van der Waals surface area contributed by atoms with Crippen molar-refractivity contribution in [2.45, 2.75) is 26.7 Å². The quantitative estimate of drug-likeness (QED) is 0.735. The largest absolute Gasteiger partial charge is 0.339 e. The highest BCUT2D eigenvalue weighted by Crippen LogP contribution is 2.22. The van der Waals surface area contributed by atoms with E-state index in [0.717, 1.165) is 12.1 Å². The maximum atomic E-state index is 13.9. The molecule has 6 nitrogen and oxygen atoms in total. The van der Waals surface area contributed by atoms with Crippen molar-refractivity contribution in [1.29, 1.82) is 0 Å². The Hall–Kier alpha value is -3.29. The minimum absolute atomic E-state index is 0.0917. The van der Waals surface area contributed by atoms with E-state index in [1.807, 2.05) is 13.8 Å². The lowest BCUT2D eigenvalue weighted by Crippen LogP contribution is -2.41. The molecule has 8 heteroatoms. The summed E-state index contributed by atoms with van der Waals surface area (Å²) < 4.78 is 27.0. The van der Waals surface area contributed by atoms with E-state index in [1.54, 1.807) is 29.2 Å². The minimum Gasteiger partial charge on any atom is -0.339 e. The molecule has 2 aromatic rings. The van der Waals surface area contributed by atoms with Crippen LogP contribution in [0.2, 0.25) is 0 Å². The molecular formula is C24H27F2N3O3. The fraction of sp³-hybridized carbons (Fsp3) is 0.375. The van der Waals surface area contributed by atoms with Gasteiger partial charge in [-0.1, -0.05) is 6.07 Å². The number of carbonyl (C=O) groups excluding carboxylic acids is 3. The fourth-order valence-electron chi connectivity index (χ4n) is 3.85. The van der Waals surface area contributed by atoms with Crippen LogP contribution in [0.3, 0.4) is 0 Å². The van der Waals surface area contributed by atoms with Crippen LogP contribution in [-0.4, -0.2) is 53.7 Å². The summed E-state index contributed by atoms with van der Waals surface area (Å²) in [7, 11) is 0. The zero-order valence-electron chi connectivity index (χ0n) is 18.2. The highest BCUT2D eigenvalue weighted by Gasteiger charge is 2.29. The summed E-state index contributed by atoms with van der Waals surface area (Å²) >= 11 is 0. The standard InChI is InChI=1S/C24H27F2N3O3/c1-3-28(4-2)23(31)17-6-5-7-19(14-17)27-22(30)16-10-12-29(13-11-16)24(32)20-9-8-18(25)15-21(20)26/h5-9,14-16H,3-4,10-13H2,1-2H3,(H,27,30). The summed E-state index contributed by atoms with van der Waals surface area (Å²) in [6.45, 7) is 5.63. The van der Waals surface area contributed by atoms with E-state index >= 15 is 0 Å².